The number of carbonyl (C=O) groups is 1. The van der Waals surface area contributed by atoms with Crippen LogP contribution in [0.5, 0.6) is 0 Å². The Kier molecular flexibility index (Phi) is 5.19. The van der Waals surface area contributed by atoms with Crippen LogP contribution in [0.1, 0.15) is 32.8 Å². The molecule has 0 atom stereocenters. The third kappa shape index (κ3) is 4.15. The predicted octanol–water partition coefficient (Wildman–Crippen LogP) is 4.00. The maximum atomic E-state index is 12.0. The number of halogens is 1. The van der Waals surface area contributed by atoms with Gasteiger partial charge in [-0.15, -0.1) is 0 Å². The summed E-state index contributed by atoms with van der Waals surface area (Å²) in [7, 11) is 0. The van der Waals surface area contributed by atoms with E-state index in [4.69, 9.17) is 0 Å². The van der Waals surface area contributed by atoms with Gasteiger partial charge in [-0.25, -0.2) is 0 Å². The van der Waals surface area contributed by atoms with E-state index in [2.05, 4.69) is 33.4 Å². The fourth-order valence-corrected chi connectivity index (χ4v) is 1.78. The first-order valence-electron chi connectivity index (χ1n) is 5.96. The molecule has 0 saturated heterocycles. The van der Waals surface area contributed by atoms with Crippen molar-refractivity contribution in [1.82, 2.24) is 0 Å². The zero-order valence-electron chi connectivity index (χ0n) is 10.7. The standard InChI is InChI=1S/C14H20BrNO/c1-4-14(2,3)13(17)16-12-7-5-11(6-8-12)9-10-15/h5-8H,4,9-10H2,1-3H3,(H,16,17). The fourth-order valence-electron chi connectivity index (χ4n) is 1.32. The molecule has 3 heteroatoms. The highest BCUT2D eigenvalue weighted by Gasteiger charge is 2.24. The lowest BCUT2D eigenvalue weighted by molar-refractivity contribution is -0.124. The van der Waals surface area contributed by atoms with Crippen LogP contribution in [0.25, 0.3) is 0 Å². The van der Waals surface area contributed by atoms with E-state index in [0.717, 1.165) is 23.9 Å². The molecule has 0 aliphatic rings. The number of alkyl halides is 1. The summed E-state index contributed by atoms with van der Waals surface area (Å²) < 4.78 is 0. The topological polar surface area (TPSA) is 29.1 Å². The summed E-state index contributed by atoms with van der Waals surface area (Å²) in [5.74, 6) is 0.0771. The van der Waals surface area contributed by atoms with E-state index in [0.29, 0.717) is 0 Å². The smallest absolute Gasteiger partial charge is 0.230 e. The van der Waals surface area contributed by atoms with Crippen LogP contribution in [0.15, 0.2) is 24.3 Å². The van der Waals surface area contributed by atoms with Crippen LogP contribution in [-0.4, -0.2) is 11.2 Å². The Bertz CT molecular complexity index is 370. The summed E-state index contributed by atoms with van der Waals surface area (Å²) in [4.78, 5) is 12.0. The highest BCUT2D eigenvalue weighted by molar-refractivity contribution is 9.09. The minimum absolute atomic E-state index is 0.0771. The molecule has 2 nitrogen and oxygen atoms in total. The van der Waals surface area contributed by atoms with Gasteiger partial charge in [0.05, 0.1) is 0 Å². The molecule has 0 spiro atoms. The van der Waals surface area contributed by atoms with Gasteiger partial charge in [-0.2, -0.15) is 0 Å². The van der Waals surface area contributed by atoms with Gasteiger partial charge in [0.2, 0.25) is 5.91 Å². The van der Waals surface area contributed by atoms with Crippen LogP contribution in [0.2, 0.25) is 0 Å². The zero-order valence-corrected chi connectivity index (χ0v) is 12.3. The lowest BCUT2D eigenvalue weighted by Crippen LogP contribution is -2.29. The molecule has 0 radical (unpaired) electrons. The lowest BCUT2D eigenvalue weighted by Gasteiger charge is -2.21. The number of hydrogen-bond acceptors (Lipinski definition) is 1. The van der Waals surface area contributed by atoms with Gasteiger partial charge < -0.3 is 5.32 Å². The molecule has 0 heterocycles. The molecule has 1 amide bonds. The number of carbonyl (C=O) groups excluding carboxylic acids is 1. The molecule has 0 fully saturated rings. The number of nitrogens with one attached hydrogen (secondary N) is 1. The molecule has 0 aliphatic heterocycles. The number of rotatable bonds is 5. The Morgan fingerprint density at radius 3 is 2.35 bits per heavy atom. The Morgan fingerprint density at radius 1 is 1.29 bits per heavy atom. The first-order valence-corrected chi connectivity index (χ1v) is 7.08. The van der Waals surface area contributed by atoms with Gasteiger partial charge >= 0.3 is 0 Å². The van der Waals surface area contributed by atoms with Gasteiger partial charge in [-0.3, -0.25) is 4.79 Å². The minimum atomic E-state index is -0.311. The molecule has 1 aromatic rings. The van der Waals surface area contributed by atoms with Crippen molar-refractivity contribution in [2.24, 2.45) is 5.41 Å². The molecule has 17 heavy (non-hydrogen) atoms. The molecule has 1 rings (SSSR count). The Hall–Kier alpha value is -0.830. The van der Waals surface area contributed by atoms with E-state index >= 15 is 0 Å². The van der Waals surface area contributed by atoms with E-state index in [-0.39, 0.29) is 11.3 Å². The van der Waals surface area contributed by atoms with Crippen LogP contribution < -0.4 is 5.32 Å². The van der Waals surface area contributed by atoms with Crippen LogP contribution in [0.4, 0.5) is 5.69 Å². The summed E-state index contributed by atoms with van der Waals surface area (Å²) in [6.07, 6.45) is 1.84. The van der Waals surface area contributed by atoms with Gasteiger partial charge in [0.15, 0.2) is 0 Å². The normalized spacial score (nSPS) is 11.3. The highest BCUT2D eigenvalue weighted by atomic mass is 79.9. The van der Waals surface area contributed by atoms with Crippen molar-refractivity contribution in [2.45, 2.75) is 33.6 Å². The Balaban J connectivity index is 2.66. The molecule has 0 bridgehead atoms. The number of benzene rings is 1. The molecule has 0 aliphatic carbocycles. The van der Waals surface area contributed by atoms with Gasteiger partial charge in [0.1, 0.15) is 0 Å². The molecule has 0 saturated carbocycles. The van der Waals surface area contributed by atoms with Crippen LogP contribution in [0, 0.1) is 5.41 Å². The summed E-state index contributed by atoms with van der Waals surface area (Å²) >= 11 is 3.41. The minimum Gasteiger partial charge on any atom is -0.326 e. The Labute approximate surface area is 112 Å². The predicted molar refractivity (Wildman–Crippen MR) is 76.6 cm³/mol. The third-order valence-corrected chi connectivity index (χ3v) is 3.49. The number of anilines is 1. The van der Waals surface area contributed by atoms with Gasteiger partial charge in [-0.05, 0) is 30.5 Å². The van der Waals surface area contributed by atoms with E-state index < -0.39 is 0 Å². The second-order valence-corrected chi connectivity index (χ2v) is 5.62. The zero-order chi connectivity index (χ0) is 12.9. The first kappa shape index (κ1) is 14.2. The van der Waals surface area contributed by atoms with Gasteiger partial charge in [0.25, 0.3) is 0 Å². The Morgan fingerprint density at radius 2 is 1.88 bits per heavy atom. The van der Waals surface area contributed by atoms with E-state index in [1.807, 2.05) is 32.9 Å². The van der Waals surface area contributed by atoms with Gasteiger partial charge in [0, 0.05) is 16.4 Å². The maximum Gasteiger partial charge on any atom is 0.230 e. The van der Waals surface area contributed by atoms with Crippen LogP contribution >= 0.6 is 15.9 Å². The first-order chi connectivity index (χ1) is 7.99. The number of amides is 1. The van der Waals surface area contributed by atoms with E-state index in [1.165, 1.54) is 5.56 Å². The molecular weight excluding hydrogens is 278 g/mol. The molecule has 0 unspecified atom stereocenters. The average Bonchev–Trinajstić information content (AvgIpc) is 2.32. The molecular formula is C14H20BrNO. The van der Waals surface area contributed by atoms with Gasteiger partial charge in [-0.1, -0.05) is 48.8 Å². The van der Waals surface area contributed by atoms with Crippen molar-refractivity contribution < 1.29 is 4.79 Å². The molecule has 1 N–H and O–H groups in total. The van der Waals surface area contributed by atoms with Crippen molar-refractivity contribution in [2.75, 3.05) is 10.6 Å². The maximum absolute atomic E-state index is 12.0. The molecule has 1 aromatic carbocycles. The fraction of sp³-hybridized carbons (Fsp3) is 0.500. The molecule has 94 valence electrons. The third-order valence-electron chi connectivity index (χ3n) is 3.09. The molecule has 0 aromatic heterocycles. The van der Waals surface area contributed by atoms with Crippen LogP contribution in [-0.2, 0) is 11.2 Å². The second kappa shape index (κ2) is 6.20. The summed E-state index contributed by atoms with van der Waals surface area (Å²) in [5, 5.41) is 3.91. The van der Waals surface area contributed by atoms with Crippen molar-refractivity contribution >= 4 is 27.5 Å². The van der Waals surface area contributed by atoms with E-state index in [9.17, 15) is 4.79 Å². The quantitative estimate of drug-likeness (QED) is 0.818. The monoisotopic (exact) mass is 297 g/mol. The summed E-state index contributed by atoms with van der Waals surface area (Å²) in [6, 6.07) is 8.02. The summed E-state index contributed by atoms with van der Waals surface area (Å²) in [5.41, 5.74) is 1.83. The number of hydrogen-bond donors (Lipinski definition) is 1. The lowest BCUT2D eigenvalue weighted by atomic mass is 9.89. The van der Waals surface area contributed by atoms with Crippen molar-refractivity contribution in [3.8, 4) is 0 Å². The van der Waals surface area contributed by atoms with E-state index in [1.54, 1.807) is 0 Å². The highest BCUT2D eigenvalue weighted by Crippen LogP contribution is 2.22. The van der Waals surface area contributed by atoms with Crippen molar-refractivity contribution in [3.63, 3.8) is 0 Å². The summed E-state index contributed by atoms with van der Waals surface area (Å²) in [6.45, 7) is 5.95. The second-order valence-electron chi connectivity index (χ2n) is 4.83. The SMILES string of the molecule is CCC(C)(C)C(=O)Nc1ccc(CCBr)cc1. The average molecular weight is 298 g/mol. The van der Waals surface area contributed by atoms with Crippen molar-refractivity contribution in [3.05, 3.63) is 29.8 Å². The largest absolute Gasteiger partial charge is 0.326 e. The van der Waals surface area contributed by atoms with Crippen LogP contribution in [0.3, 0.4) is 0 Å². The van der Waals surface area contributed by atoms with Crippen molar-refractivity contribution in [1.29, 1.82) is 0 Å². The number of aryl methyl sites for hydroxylation is 1.